The van der Waals surface area contributed by atoms with Crippen LogP contribution in [0, 0.1) is 0 Å². The quantitative estimate of drug-likeness (QED) is 0.327. The Morgan fingerprint density at radius 2 is 1.82 bits per heavy atom. The highest BCUT2D eigenvalue weighted by Crippen LogP contribution is 2.26. The van der Waals surface area contributed by atoms with Crippen molar-refractivity contribution in [2.24, 2.45) is 0 Å². The van der Waals surface area contributed by atoms with E-state index in [0.717, 1.165) is 11.1 Å². The Kier molecular flexibility index (Phi) is 7.63. The van der Waals surface area contributed by atoms with Crippen molar-refractivity contribution in [1.29, 1.82) is 0 Å². The predicted molar refractivity (Wildman–Crippen MR) is 146 cm³/mol. The van der Waals surface area contributed by atoms with Crippen LogP contribution in [0.25, 0.3) is 16.5 Å². The minimum absolute atomic E-state index is 0.0173. The van der Waals surface area contributed by atoms with E-state index in [1.165, 1.54) is 12.1 Å². The van der Waals surface area contributed by atoms with Gasteiger partial charge >= 0.3 is 5.97 Å². The molecule has 198 valence electrons. The zero-order valence-corrected chi connectivity index (χ0v) is 21.9. The monoisotopic (exact) mass is 564 g/mol. The number of carbonyl (C=O) groups excluding carboxylic acids is 2. The molecule has 11 heteroatoms. The molecule has 0 aliphatic carbocycles. The zero-order chi connectivity index (χ0) is 27.5. The summed E-state index contributed by atoms with van der Waals surface area (Å²) >= 11 is 12.1. The highest BCUT2D eigenvalue weighted by Gasteiger charge is 2.26. The van der Waals surface area contributed by atoms with E-state index in [1.807, 2.05) is 30.3 Å². The van der Waals surface area contributed by atoms with Crippen LogP contribution in [0.5, 0.6) is 0 Å². The number of amides is 2. The molecule has 2 amide bonds. The molecule has 0 radical (unpaired) electrons. The maximum atomic E-state index is 13.0. The van der Waals surface area contributed by atoms with Gasteiger partial charge in [-0.2, -0.15) is 0 Å². The lowest BCUT2D eigenvalue weighted by molar-refractivity contribution is -0.139. The molecule has 0 unspecified atom stereocenters. The lowest BCUT2D eigenvalue weighted by atomic mass is 10.00. The Labute approximate surface area is 233 Å². The number of carbonyl (C=O) groups is 3. The smallest absolute Gasteiger partial charge is 0.326 e. The SMILES string of the molecule is O=C(N[C@@H](Cc1ccc(C2=CCN(C(=O)c3onc4ccccc34)CC2)cn1)C(=O)O)c1c(Cl)cccc1Cl. The standard InChI is InChI=1S/C28H22Cl2N4O5/c29-20-5-3-6-21(30)24(20)26(35)32-23(28(37)38)14-18-9-8-17(15-31-18)16-10-12-34(13-11-16)27(36)25-19-4-1-2-7-22(19)33-39-25/h1-10,15,23H,11-14H2,(H,32,35)(H,37,38)/t23-/m0/s1. The highest BCUT2D eigenvalue weighted by molar-refractivity contribution is 6.39. The van der Waals surface area contributed by atoms with Crippen LogP contribution in [0.15, 0.2) is 71.4 Å². The van der Waals surface area contributed by atoms with E-state index in [9.17, 15) is 19.5 Å². The lowest BCUT2D eigenvalue weighted by Crippen LogP contribution is -2.42. The molecule has 1 aliphatic rings. The van der Waals surface area contributed by atoms with Crippen LogP contribution < -0.4 is 5.32 Å². The Bertz CT molecular complexity index is 1580. The molecule has 2 aromatic carbocycles. The third-order valence-electron chi connectivity index (χ3n) is 6.48. The summed E-state index contributed by atoms with van der Waals surface area (Å²) in [4.78, 5) is 43.6. The van der Waals surface area contributed by atoms with E-state index in [4.69, 9.17) is 27.7 Å². The number of carboxylic acid groups (broad SMARTS) is 1. The maximum absolute atomic E-state index is 13.0. The first-order chi connectivity index (χ1) is 18.8. The van der Waals surface area contributed by atoms with Gasteiger partial charge in [-0.3, -0.25) is 14.6 Å². The molecular weight excluding hydrogens is 543 g/mol. The number of aromatic nitrogens is 2. The molecule has 0 saturated heterocycles. The molecule has 1 atom stereocenters. The van der Waals surface area contributed by atoms with Gasteiger partial charge in [0.1, 0.15) is 11.6 Å². The van der Waals surface area contributed by atoms with E-state index >= 15 is 0 Å². The number of hydrogen-bond donors (Lipinski definition) is 2. The molecule has 4 aromatic rings. The van der Waals surface area contributed by atoms with E-state index < -0.39 is 17.9 Å². The van der Waals surface area contributed by atoms with Gasteiger partial charge < -0.3 is 19.8 Å². The van der Waals surface area contributed by atoms with Crippen LogP contribution in [0.1, 0.15) is 38.6 Å². The summed E-state index contributed by atoms with van der Waals surface area (Å²) in [5.41, 5.74) is 3.04. The number of rotatable bonds is 7. The Hall–Kier alpha value is -4.21. The van der Waals surface area contributed by atoms with E-state index in [2.05, 4.69) is 15.5 Å². The number of aliphatic carboxylic acids is 1. The second-order valence-corrected chi connectivity index (χ2v) is 9.78. The molecule has 2 aromatic heterocycles. The Morgan fingerprint density at radius 1 is 1.05 bits per heavy atom. The number of hydrogen-bond acceptors (Lipinski definition) is 6. The van der Waals surface area contributed by atoms with Gasteiger partial charge in [-0.1, -0.05) is 58.7 Å². The van der Waals surface area contributed by atoms with Crippen molar-refractivity contribution < 1.29 is 24.0 Å². The molecule has 5 rings (SSSR count). The van der Waals surface area contributed by atoms with Gasteiger partial charge in [-0.05, 0) is 47.9 Å². The number of nitrogens with zero attached hydrogens (tertiary/aromatic N) is 3. The number of fused-ring (bicyclic) bond motifs is 1. The van der Waals surface area contributed by atoms with Gasteiger partial charge in [-0.25, -0.2) is 4.79 Å². The van der Waals surface area contributed by atoms with Crippen molar-refractivity contribution in [2.45, 2.75) is 18.9 Å². The number of carboxylic acids is 1. The lowest BCUT2D eigenvalue weighted by Gasteiger charge is -2.25. The topological polar surface area (TPSA) is 126 Å². The van der Waals surface area contributed by atoms with Crippen molar-refractivity contribution in [3.8, 4) is 0 Å². The number of pyridine rings is 1. The largest absolute Gasteiger partial charge is 0.480 e. The van der Waals surface area contributed by atoms with Crippen molar-refractivity contribution in [3.05, 3.63) is 99.5 Å². The van der Waals surface area contributed by atoms with Gasteiger partial charge in [0.05, 0.1) is 21.0 Å². The predicted octanol–water partition coefficient (Wildman–Crippen LogP) is 4.88. The van der Waals surface area contributed by atoms with Crippen LogP contribution in [0.2, 0.25) is 10.0 Å². The Balaban J connectivity index is 1.23. The summed E-state index contributed by atoms with van der Waals surface area (Å²) in [6, 6.07) is 14.2. The van der Waals surface area contributed by atoms with Crippen molar-refractivity contribution in [1.82, 2.24) is 20.4 Å². The molecule has 0 spiro atoms. The fourth-order valence-electron chi connectivity index (χ4n) is 4.39. The van der Waals surface area contributed by atoms with Crippen LogP contribution >= 0.6 is 23.2 Å². The zero-order valence-electron chi connectivity index (χ0n) is 20.4. The summed E-state index contributed by atoms with van der Waals surface area (Å²) in [5.74, 6) is -1.88. The summed E-state index contributed by atoms with van der Waals surface area (Å²) in [7, 11) is 0. The minimum atomic E-state index is -1.23. The van der Waals surface area contributed by atoms with Crippen molar-refractivity contribution in [3.63, 3.8) is 0 Å². The summed E-state index contributed by atoms with van der Waals surface area (Å²) in [5, 5.41) is 17.0. The van der Waals surface area contributed by atoms with Crippen LogP contribution in [-0.2, 0) is 11.2 Å². The van der Waals surface area contributed by atoms with Crippen molar-refractivity contribution in [2.75, 3.05) is 13.1 Å². The first-order valence-corrected chi connectivity index (χ1v) is 12.8. The first kappa shape index (κ1) is 26.4. The van der Waals surface area contributed by atoms with Gasteiger partial charge in [-0.15, -0.1) is 0 Å². The fraction of sp³-hybridized carbons (Fsp3) is 0.179. The third kappa shape index (κ3) is 5.64. The summed E-state index contributed by atoms with van der Waals surface area (Å²) < 4.78 is 5.31. The number of nitrogens with one attached hydrogen (secondary N) is 1. The Morgan fingerprint density at radius 3 is 2.49 bits per heavy atom. The van der Waals surface area contributed by atoms with Crippen LogP contribution in [0.4, 0.5) is 0 Å². The normalized spacial score (nSPS) is 14.1. The van der Waals surface area contributed by atoms with Gasteiger partial charge in [0.15, 0.2) is 0 Å². The molecule has 0 saturated carbocycles. The van der Waals surface area contributed by atoms with Gasteiger partial charge in [0.2, 0.25) is 5.76 Å². The van der Waals surface area contributed by atoms with Gasteiger partial charge in [0.25, 0.3) is 11.8 Å². The fourth-order valence-corrected chi connectivity index (χ4v) is 4.96. The minimum Gasteiger partial charge on any atom is -0.480 e. The molecule has 1 aliphatic heterocycles. The van der Waals surface area contributed by atoms with Crippen LogP contribution in [0.3, 0.4) is 0 Å². The molecule has 9 nitrogen and oxygen atoms in total. The average molecular weight is 565 g/mol. The van der Waals surface area contributed by atoms with Crippen molar-refractivity contribution >= 4 is 57.5 Å². The number of halogens is 2. The van der Waals surface area contributed by atoms with Gasteiger partial charge in [0, 0.05) is 31.4 Å². The van der Waals surface area contributed by atoms with E-state index in [0.29, 0.717) is 36.1 Å². The van der Waals surface area contributed by atoms with E-state index in [1.54, 1.807) is 29.3 Å². The molecule has 3 heterocycles. The molecular formula is C28H22Cl2N4O5. The molecule has 2 N–H and O–H groups in total. The summed E-state index contributed by atoms with van der Waals surface area (Å²) in [6.07, 6.45) is 4.21. The summed E-state index contributed by atoms with van der Waals surface area (Å²) in [6.45, 7) is 0.905. The molecule has 0 fully saturated rings. The highest BCUT2D eigenvalue weighted by atomic mass is 35.5. The molecule has 0 bridgehead atoms. The third-order valence-corrected chi connectivity index (χ3v) is 7.11. The maximum Gasteiger partial charge on any atom is 0.326 e. The van der Waals surface area contributed by atoms with Crippen LogP contribution in [-0.4, -0.2) is 57.1 Å². The molecule has 39 heavy (non-hydrogen) atoms. The second-order valence-electron chi connectivity index (χ2n) is 8.96. The first-order valence-electron chi connectivity index (χ1n) is 12.1. The number of benzene rings is 2. The average Bonchev–Trinajstić information content (AvgIpc) is 3.37. The van der Waals surface area contributed by atoms with E-state index in [-0.39, 0.29) is 33.7 Å². The second kappa shape index (κ2) is 11.3.